The molecule has 25 heavy (non-hydrogen) atoms. The molecule has 0 spiro atoms. The van der Waals surface area contributed by atoms with Crippen LogP contribution in [0.2, 0.25) is 0 Å². The highest BCUT2D eigenvalue weighted by Crippen LogP contribution is 2.34. The lowest BCUT2D eigenvalue weighted by molar-refractivity contribution is -0.124. The lowest BCUT2D eigenvalue weighted by Gasteiger charge is -2.38. The predicted octanol–water partition coefficient (Wildman–Crippen LogP) is 2.73. The Morgan fingerprint density at radius 2 is 2.12 bits per heavy atom. The van der Waals surface area contributed by atoms with Gasteiger partial charge >= 0.3 is 0 Å². The number of likely N-dealkylation sites (tertiary alicyclic amines) is 1. The summed E-state index contributed by atoms with van der Waals surface area (Å²) in [5, 5.41) is 3.96. The number of carbonyl (C=O) groups is 1. The van der Waals surface area contributed by atoms with E-state index in [0.29, 0.717) is 5.56 Å². The van der Waals surface area contributed by atoms with Crippen molar-refractivity contribution < 1.29 is 18.3 Å². The van der Waals surface area contributed by atoms with Gasteiger partial charge in [0, 0.05) is 32.8 Å². The van der Waals surface area contributed by atoms with Crippen molar-refractivity contribution in [1.29, 1.82) is 0 Å². The van der Waals surface area contributed by atoms with Gasteiger partial charge in [-0.2, -0.15) is 5.10 Å². The van der Waals surface area contributed by atoms with E-state index in [1.165, 1.54) is 15.8 Å². The van der Waals surface area contributed by atoms with Gasteiger partial charge in [-0.25, -0.2) is 8.78 Å². The van der Waals surface area contributed by atoms with E-state index in [-0.39, 0.29) is 38.6 Å². The summed E-state index contributed by atoms with van der Waals surface area (Å²) in [6, 6.07) is 9.42. The number of rotatable bonds is 5. The second kappa shape index (κ2) is 7.31. The Labute approximate surface area is 145 Å². The van der Waals surface area contributed by atoms with Crippen molar-refractivity contribution in [3.8, 4) is 0 Å². The van der Waals surface area contributed by atoms with E-state index in [9.17, 15) is 13.6 Å². The fourth-order valence-corrected chi connectivity index (χ4v) is 2.95. The molecule has 0 radical (unpaired) electrons. The number of hydrogen-bond donors (Lipinski definition) is 0. The van der Waals surface area contributed by atoms with Crippen LogP contribution in [-0.2, 0) is 18.4 Å². The van der Waals surface area contributed by atoms with E-state index in [0.717, 1.165) is 5.56 Å². The molecular formula is C18H21F2N3O2. The Morgan fingerprint density at radius 1 is 1.36 bits per heavy atom. The number of nitrogens with zero attached hydrogens (tertiary/aromatic N) is 3. The zero-order valence-corrected chi connectivity index (χ0v) is 14.1. The van der Waals surface area contributed by atoms with Crippen molar-refractivity contribution in [2.24, 2.45) is 13.0 Å². The van der Waals surface area contributed by atoms with Crippen molar-refractivity contribution in [2.45, 2.75) is 19.0 Å². The molecule has 1 amide bonds. The van der Waals surface area contributed by atoms with Crippen LogP contribution in [0.5, 0.6) is 0 Å². The minimum atomic E-state index is -2.83. The van der Waals surface area contributed by atoms with Crippen LogP contribution >= 0.6 is 0 Å². The summed E-state index contributed by atoms with van der Waals surface area (Å²) in [5.41, 5.74) is 1.35. The van der Waals surface area contributed by atoms with E-state index >= 15 is 0 Å². The number of amides is 1. The molecule has 0 saturated carbocycles. The first-order chi connectivity index (χ1) is 12.0. The molecule has 3 rings (SSSR count). The molecule has 0 bridgehead atoms. The Hall–Kier alpha value is -2.28. The normalized spacial score (nSPS) is 19.8. The first-order valence-electron chi connectivity index (χ1n) is 8.23. The molecule has 0 N–H and O–H groups in total. The van der Waals surface area contributed by atoms with Gasteiger partial charge in [0.15, 0.2) is 0 Å². The number of piperidine rings is 1. The van der Waals surface area contributed by atoms with Crippen molar-refractivity contribution in [2.75, 3.05) is 19.7 Å². The van der Waals surface area contributed by atoms with Crippen LogP contribution in [0, 0.1) is 5.92 Å². The highest BCUT2D eigenvalue weighted by molar-refractivity contribution is 5.93. The molecular weight excluding hydrogens is 328 g/mol. The van der Waals surface area contributed by atoms with Gasteiger partial charge in [-0.05, 0) is 5.56 Å². The zero-order valence-electron chi connectivity index (χ0n) is 14.1. The van der Waals surface area contributed by atoms with Gasteiger partial charge in [-0.1, -0.05) is 30.3 Å². The molecule has 1 aliphatic rings. The quantitative estimate of drug-likeness (QED) is 0.834. The van der Waals surface area contributed by atoms with Crippen LogP contribution in [0.4, 0.5) is 8.78 Å². The Morgan fingerprint density at radius 3 is 2.80 bits per heavy atom. The van der Waals surface area contributed by atoms with Gasteiger partial charge < -0.3 is 9.64 Å². The van der Waals surface area contributed by atoms with Crippen LogP contribution in [-0.4, -0.2) is 46.2 Å². The lowest BCUT2D eigenvalue weighted by Crippen LogP contribution is -2.50. The summed E-state index contributed by atoms with van der Waals surface area (Å²) in [6.45, 7) is 0.216. The summed E-state index contributed by atoms with van der Waals surface area (Å²) in [5.74, 6) is -4.11. The Bertz CT molecular complexity index is 718. The fourth-order valence-electron chi connectivity index (χ4n) is 2.95. The molecule has 7 heteroatoms. The minimum absolute atomic E-state index is 0.0183. The first-order valence-corrected chi connectivity index (χ1v) is 8.23. The first kappa shape index (κ1) is 17.5. The number of alkyl halides is 2. The molecule has 1 atom stereocenters. The van der Waals surface area contributed by atoms with Crippen molar-refractivity contribution in [1.82, 2.24) is 14.7 Å². The molecule has 2 aromatic rings. The Balaban J connectivity index is 1.60. The van der Waals surface area contributed by atoms with Gasteiger partial charge in [0.05, 0.1) is 30.9 Å². The largest absolute Gasteiger partial charge is 0.376 e. The minimum Gasteiger partial charge on any atom is -0.376 e. The summed E-state index contributed by atoms with van der Waals surface area (Å²) in [7, 11) is 1.71. The molecule has 1 saturated heterocycles. The standard InChI is InChI=1S/C18H21F2N3O2/c1-22-10-15(9-21-22)17(24)23-8-7-18(19,20)16(11-23)13-25-12-14-5-3-2-4-6-14/h2-6,9-10,16H,7-8,11-13H2,1H3. The van der Waals surface area contributed by atoms with Gasteiger partial charge in [0.1, 0.15) is 0 Å². The third-order valence-electron chi connectivity index (χ3n) is 4.42. The SMILES string of the molecule is Cn1cc(C(=O)N2CCC(F)(F)C(COCc3ccccc3)C2)cn1. The molecule has 5 nitrogen and oxygen atoms in total. The van der Waals surface area contributed by atoms with Crippen LogP contribution in [0.3, 0.4) is 0 Å². The van der Waals surface area contributed by atoms with Gasteiger partial charge in [0.25, 0.3) is 11.8 Å². The van der Waals surface area contributed by atoms with E-state index in [1.807, 2.05) is 30.3 Å². The average molecular weight is 349 g/mol. The summed E-state index contributed by atoms with van der Waals surface area (Å²) in [4.78, 5) is 13.9. The Kier molecular flexibility index (Phi) is 5.13. The summed E-state index contributed by atoms with van der Waals surface area (Å²) >= 11 is 0. The highest BCUT2D eigenvalue weighted by Gasteiger charge is 2.45. The number of benzene rings is 1. The maximum Gasteiger partial charge on any atom is 0.257 e. The van der Waals surface area contributed by atoms with Crippen LogP contribution in [0.25, 0.3) is 0 Å². The summed E-state index contributed by atoms with van der Waals surface area (Å²) < 4.78 is 35.4. The molecule has 0 aliphatic carbocycles. The second-order valence-corrected chi connectivity index (χ2v) is 6.36. The summed E-state index contributed by atoms with van der Waals surface area (Å²) in [6.07, 6.45) is 2.70. The van der Waals surface area contributed by atoms with Crippen LogP contribution < -0.4 is 0 Å². The molecule has 134 valence electrons. The van der Waals surface area contributed by atoms with Gasteiger partial charge in [0.2, 0.25) is 0 Å². The molecule has 1 aromatic heterocycles. The maximum atomic E-state index is 14.2. The van der Waals surface area contributed by atoms with E-state index in [4.69, 9.17) is 4.74 Å². The molecule has 1 unspecified atom stereocenters. The lowest BCUT2D eigenvalue weighted by atomic mass is 9.94. The number of halogens is 2. The number of ether oxygens (including phenoxy) is 1. The van der Waals surface area contributed by atoms with Crippen molar-refractivity contribution in [3.63, 3.8) is 0 Å². The molecule has 1 aliphatic heterocycles. The topological polar surface area (TPSA) is 47.4 Å². The number of aromatic nitrogens is 2. The van der Waals surface area contributed by atoms with E-state index in [2.05, 4.69) is 5.10 Å². The maximum absolute atomic E-state index is 14.2. The third kappa shape index (κ3) is 4.22. The van der Waals surface area contributed by atoms with Crippen LogP contribution in [0.1, 0.15) is 22.3 Å². The zero-order chi connectivity index (χ0) is 17.9. The molecule has 1 fully saturated rings. The van der Waals surface area contributed by atoms with E-state index < -0.39 is 11.8 Å². The number of carbonyl (C=O) groups excluding carboxylic acids is 1. The number of hydrogen-bond acceptors (Lipinski definition) is 3. The highest BCUT2D eigenvalue weighted by atomic mass is 19.3. The monoisotopic (exact) mass is 349 g/mol. The van der Waals surface area contributed by atoms with E-state index in [1.54, 1.807) is 13.2 Å². The molecule has 2 heterocycles. The van der Waals surface area contributed by atoms with Gasteiger partial charge in [-0.3, -0.25) is 9.48 Å². The number of aryl methyl sites for hydroxylation is 1. The predicted molar refractivity (Wildman–Crippen MR) is 88.3 cm³/mol. The average Bonchev–Trinajstić information content (AvgIpc) is 3.03. The molecule has 1 aromatic carbocycles. The van der Waals surface area contributed by atoms with Crippen LogP contribution in [0.15, 0.2) is 42.7 Å². The third-order valence-corrected chi connectivity index (χ3v) is 4.42. The van der Waals surface area contributed by atoms with Crippen molar-refractivity contribution in [3.05, 3.63) is 53.9 Å². The fraction of sp³-hybridized carbons (Fsp3) is 0.444. The van der Waals surface area contributed by atoms with Gasteiger partial charge in [-0.15, -0.1) is 0 Å². The second-order valence-electron chi connectivity index (χ2n) is 6.36. The smallest absolute Gasteiger partial charge is 0.257 e. The van der Waals surface area contributed by atoms with Crippen molar-refractivity contribution >= 4 is 5.91 Å².